The minimum atomic E-state index is -1.13. The molecule has 6 nitrogen and oxygen atoms in total. The number of rotatable bonds is 3. The second kappa shape index (κ2) is 6.55. The van der Waals surface area contributed by atoms with Crippen LogP contribution in [0.2, 0.25) is 0 Å². The Hall–Kier alpha value is -2.70. The smallest absolute Gasteiger partial charge is 0.325 e. The maximum atomic E-state index is 13.6. The summed E-state index contributed by atoms with van der Waals surface area (Å²) in [5, 5.41) is 12.7. The van der Waals surface area contributed by atoms with Crippen molar-refractivity contribution < 1.29 is 28.6 Å². The predicted molar refractivity (Wildman–Crippen MR) is 92.8 cm³/mol. The molecule has 0 saturated carbocycles. The van der Waals surface area contributed by atoms with Crippen LogP contribution < -0.4 is 5.32 Å². The van der Waals surface area contributed by atoms with Gasteiger partial charge in [0.05, 0.1) is 5.41 Å². The number of Topliss-reactive ketones (excluding diaryl/α,β-unsaturated/α-hetero) is 1. The quantitative estimate of drug-likeness (QED) is 0.635. The van der Waals surface area contributed by atoms with E-state index in [-0.39, 0.29) is 5.56 Å². The second-order valence-corrected chi connectivity index (χ2v) is 7.64. The highest BCUT2D eigenvalue weighted by Gasteiger charge is 2.43. The maximum absolute atomic E-state index is 13.6. The minimum Gasteiger partial charge on any atom is -0.506 e. The minimum absolute atomic E-state index is 0.0806. The van der Waals surface area contributed by atoms with Gasteiger partial charge in [0, 0.05) is 5.56 Å². The molecule has 26 heavy (non-hydrogen) atoms. The highest BCUT2D eigenvalue weighted by molar-refractivity contribution is 6.28. The molecule has 1 aromatic carbocycles. The molecule has 0 saturated heterocycles. The summed E-state index contributed by atoms with van der Waals surface area (Å²) in [6, 6.07) is 3.67. The molecule has 1 aromatic rings. The fourth-order valence-corrected chi connectivity index (χ4v) is 2.76. The van der Waals surface area contributed by atoms with E-state index in [9.17, 15) is 23.9 Å². The Morgan fingerprint density at radius 1 is 1.27 bits per heavy atom. The lowest BCUT2D eigenvalue weighted by Crippen LogP contribution is -2.43. The molecule has 1 aliphatic carbocycles. The van der Waals surface area contributed by atoms with Crippen LogP contribution in [0.5, 0.6) is 0 Å². The van der Waals surface area contributed by atoms with Gasteiger partial charge in [-0.05, 0) is 52.3 Å². The highest BCUT2D eigenvalue weighted by Crippen LogP contribution is 2.39. The monoisotopic (exact) mass is 363 g/mol. The summed E-state index contributed by atoms with van der Waals surface area (Å²) >= 11 is 0. The molecule has 1 aliphatic rings. The van der Waals surface area contributed by atoms with Gasteiger partial charge in [0.2, 0.25) is 0 Å². The number of fused-ring (bicyclic) bond motifs is 1. The van der Waals surface area contributed by atoms with Crippen LogP contribution in [-0.4, -0.2) is 34.9 Å². The van der Waals surface area contributed by atoms with E-state index in [1.165, 1.54) is 12.1 Å². The van der Waals surface area contributed by atoms with Crippen LogP contribution in [0.3, 0.4) is 0 Å². The van der Waals surface area contributed by atoms with Gasteiger partial charge < -0.3 is 15.2 Å². The highest BCUT2D eigenvalue weighted by atomic mass is 19.1. The fraction of sp³-hybridized carbons (Fsp3) is 0.421. The van der Waals surface area contributed by atoms with Crippen LogP contribution in [0.25, 0.3) is 5.76 Å². The standard InChI is InChI=1S/C19H22FNO5/c1-18(2,3)26-13(22)9-21-17(25)14-15(23)11-8-10(20)6-7-12(11)19(4,5)16(14)24/h6-8,23H,9H2,1-5H3,(H,21,25). The number of esters is 1. The van der Waals surface area contributed by atoms with Crippen LogP contribution in [0.15, 0.2) is 23.8 Å². The average Bonchev–Trinajstić information content (AvgIpc) is 2.49. The third-order valence-corrected chi connectivity index (χ3v) is 3.98. The molecule has 2 N–H and O–H groups in total. The number of halogens is 1. The van der Waals surface area contributed by atoms with E-state index in [0.29, 0.717) is 5.56 Å². The summed E-state index contributed by atoms with van der Waals surface area (Å²) in [7, 11) is 0. The number of benzene rings is 1. The molecule has 0 atom stereocenters. The summed E-state index contributed by atoms with van der Waals surface area (Å²) in [5.74, 6) is -3.42. The van der Waals surface area contributed by atoms with E-state index in [2.05, 4.69) is 5.32 Å². The van der Waals surface area contributed by atoms with E-state index in [4.69, 9.17) is 4.74 Å². The van der Waals surface area contributed by atoms with Gasteiger partial charge in [0.15, 0.2) is 5.78 Å². The van der Waals surface area contributed by atoms with Gasteiger partial charge in [-0.25, -0.2) is 4.39 Å². The van der Waals surface area contributed by atoms with Crippen molar-refractivity contribution in [3.8, 4) is 0 Å². The van der Waals surface area contributed by atoms with Crippen molar-refractivity contribution in [2.24, 2.45) is 0 Å². The lowest BCUT2D eigenvalue weighted by molar-refractivity contribution is -0.154. The first-order valence-corrected chi connectivity index (χ1v) is 8.13. The number of carbonyl (C=O) groups excluding carboxylic acids is 3. The van der Waals surface area contributed by atoms with Crippen molar-refractivity contribution in [3.05, 3.63) is 40.7 Å². The number of aliphatic hydroxyl groups excluding tert-OH is 1. The van der Waals surface area contributed by atoms with Crippen LogP contribution in [0.4, 0.5) is 4.39 Å². The summed E-state index contributed by atoms with van der Waals surface area (Å²) in [6.07, 6.45) is 0. The van der Waals surface area contributed by atoms with Crippen LogP contribution in [0, 0.1) is 5.82 Å². The number of hydrogen-bond donors (Lipinski definition) is 2. The number of carbonyl (C=O) groups is 3. The number of aliphatic hydroxyl groups is 1. The Labute approximate surface area is 151 Å². The van der Waals surface area contributed by atoms with E-state index < -0.39 is 52.4 Å². The van der Waals surface area contributed by atoms with Crippen molar-refractivity contribution in [2.45, 2.75) is 45.6 Å². The first kappa shape index (κ1) is 19.6. The van der Waals surface area contributed by atoms with Crippen molar-refractivity contribution in [3.63, 3.8) is 0 Å². The molecule has 140 valence electrons. The number of amides is 1. The summed E-state index contributed by atoms with van der Waals surface area (Å²) in [4.78, 5) is 36.9. The summed E-state index contributed by atoms with van der Waals surface area (Å²) in [5.41, 5.74) is -1.85. The van der Waals surface area contributed by atoms with Crippen molar-refractivity contribution >= 4 is 23.4 Å². The predicted octanol–water partition coefficient (Wildman–Crippen LogP) is 2.41. The van der Waals surface area contributed by atoms with Gasteiger partial charge in [-0.15, -0.1) is 0 Å². The van der Waals surface area contributed by atoms with Gasteiger partial charge in [-0.2, -0.15) is 0 Å². The van der Waals surface area contributed by atoms with Gasteiger partial charge in [-0.3, -0.25) is 14.4 Å². The number of ketones is 1. The Balaban J connectivity index is 2.32. The summed E-state index contributed by atoms with van der Waals surface area (Å²) in [6.45, 7) is 7.75. The molecular formula is C19H22FNO5. The number of ether oxygens (including phenoxy) is 1. The zero-order valence-electron chi connectivity index (χ0n) is 15.4. The largest absolute Gasteiger partial charge is 0.506 e. The third-order valence-electron chi connectivity index (χ3n) is 3.98. The molecule has 0 heterocycles. The topological polar surface area (TPSA) is 92.7 Å². The van der Waals surface area contributed by atoms with Crippen molar-refractivity contribution in [1.82, 2.24) is 5.32 Å². The van der Waals surface area contributed by atoms with Crippen molar-refractivity contribution in [1.29, 1.82) is 0 Å². The molecule has 2 rings (SSSR count). The molecule has 0 spiro atoms. The van der Waals surface area contributed by atoms with Gasteiger partial charge >= 0.3 is 5.97 Å². The molecule has 0 aliphatic heterocycles. The van der Waals surface area contributed by atoms with Crippen LogP contribution in [-0.2, 0) is 24.5 Å². The molecule has 7 heteroatoms. The Morgan fingerprint density at radius 3 is 2.46 bits per heavy atom. The zero-order chi connectivity index (χ0) is 19.9. The molecule has 1 amide bonds. The zero-order valence-corrected chi connectivity index (χ0v) is 15.4. The van der Waals surface area contributed by atoms with E-state index >= 15 is 0 Å². The first-order chi connectivity index (χ1) is 11.8. The lowest BCUT2D eigenvalue weighted by Gasteiger charge is -2.31. The van der Waals surface area contributed by atoms with E-state index in [1.807, 2.05) is 0 Å². The van der Waals surface area contributed by atoms with Gasteiger partial charge in [-0.1, -0.05) is 6.07 Å². The average molecular weight is 363 g/mol. The van der Waals surface area contributed by atoms with Gasteiger partial charge in [0.1, 0.15) is 29.3 Å². The van der Waals surface area contributed by atoms with Gasteiger partial charge in [0.25, 0.3) is 5.91 Å². The Bertz CT molecular complexity index is 818. The lowest BCUT2D eigenvalue weighted by atomic mass is 9.71. The Morgan fingerprint density at radius 2 is 1.88 bits per heavy atom. The van der Waals surface area contributed by atoms with Crippen LogP contribution in [0.1, 0.15) is 45.7 Å². The molecule has 0 fully saturated rings. The number of hydrogen-bond acceptors (Lipinski definition) is 5. The summed E-state index contributed by atoms with van der Waals surface area (Å²) < 4.78 is 18.7. The fourth-order valence-electron chi connectivity index (χ4n) is 2.76. The number of nitrogens with one attached hydrogen (secondary N) is 1. The molecule has 0 unspecified atom stereocenters. The molecule has 0 aromatic heterocycles. The van der Waals surface area contributed by atoms with Crippen molar-refractivity contribution in [2.75, 3.05) is 6.54 Å². The molecule has 0 bridgehead atoms. The third kappa shape index (κ3) is 3.76. The first-order valence-electron chi connectivity index (χ1n) is 8.13. The normalized spacial score (nSPS) is 16.2. The second-order valence-electron chi connectivity index (χ2n) is 7.64. The Kier molecular flexibility index (Phi) is 4.94. The SMILES string of the molecule is CC(C)(C)OC(=O)CNC(=O)C1=C(O)c2cc(F)ccc2C(C)(C)C1=O. The van der Waals surface area contributed by atoms with Crippen LogP contribution >= 0.6 is 0 Å². The maximum Gasteiger partial charge on any atom is 0.325 e. The molecular weight excluding hydrogens is 341 g/mol. The van der Waals surface area contributed by atoms with E-state index in [1.54, 1.807) is 34.6 Å². The van der Waals surface area contributed by atoms with E-state index in [0.717, 1.165) is 6.07 Å². The molecule has 0 radical (unpaired) electrons.